The third-order valence-corrected chi connectivity index (χ3v) is 6.63. The molecule has 0 N–H and O–H groups in total. The Morgan fingerprint density at radius 2 is 1.88 bits per heavy atom. The predicted octanol–water partition coefficient (Wildman–Crippen LogP) is 4.47. The first-order valence-electron chi connectivity index (χ1n) is 11.5. The van der Waals surface area contributed by atoms with Crippen LogP contribution in [0.15, 0.2) is 55.0 Å². The van der Waals surface area contributed by atoms with Crippen molar-refractivity contribution in [1.29, 1.82) is 0 Å². The van der Waals surface area contributed by atoms with Crippen LogP contribution in [-0.2, 0) is 11.2 Å². The maximum absolute atomic E-state index is 12.9. The van der Waals surface area contributed by atoms with Gasteiger partial charge in [-0.05, 0) is 42.4 Å². The number of fused-ring (bicyclic) bond motifs is 1. The zero-order chi connectivity index (χ0) is 22.1. The van der Waals surface area contributed by atoms with Crippen molar-refractivity contribution in [2.24, 2.45) is 5.92 Å². The molecule has 6 nitrogen and oxygen atoms in total. The van der Waals surface area contributed by atoms with Crippen LogP contribution in [-0.4, -0.2) is 40.5 Å². The summed E-state index contributed by atoms with van der Waals surface area (Å²) in [6.07, 6.45) is 8.09. The van der Waals surface area contributed by atoms with Crippen molar-refractivity contribution in [1.82, 2.24) is 15.0 Å². The molecule has 32 heavy (non-hydrogen) atoms. The van der Waals surface area contributed by atoms with Gasteiger partial charge >= 0.3 is 0 Å². The molecule has 164 valence electrons. The van der Waals surface area contributed by atoms with Gasteiger partial charge in [0.2, 0.25) is 5.91 Å². The van der Waals surface area contributed by atoms with Gasteiger partial charge in [-0.3, -0.25) is 14.7 Å². The lowest BCUT2D eigenvalue weighted by molar-refractivity contribution is -0.117. The smallest absolute Gasteiger partial charge is 0.232 e. The standard InChI is InChI=1S/C26H29N5O/c1-18(2)22-7-3-4-8-23(22)25-28-15-20-14-24(32)31(26(20)29-25)17-19-9-12-30(13-10-19)21-6-5-11-27-16-21/h3-8,11,15-16,18-19H,9-10,12-14,17H2,1-2H3. The van der Waals surface area contributed by atoms with Crippen LogP contribution in [0, 0.1) is 5.92 Å². The van der Waals surface area contributed by atoms with Gasteiger partial charge < -0.3 is 4.90 Å². The molecular weight excluding hydrogens is 398 g/mol. The number of rotatable bonds is 5. The minimum Gasteiger partial charge on any atom is -0.370 e. The maximum Gasteiger partial charge on any atom is 0.232 e. The Bertz CT molecular complexity index is 1110. The SMILES string of the molecule is CC(C)c1ccccc1-c1ncc2c(n1)N(CC1CCN(c3cccnc3)CC1)C(=O)C2. The molecule has 0 saturated carbocycles. The number of amides is 1. The van der Waals surface area contributed by atoms with Crippen LogP contribution >= 0.6 is 0 Å². The number of carbonyl (C=O) groups is 1. The van der Waals surface area contributed by atoms with Crippen molar-refractivity contribution in [2.75, 3.05) is 29.4 Å². The summed E-state index contributed by atoms with van der Waals surface area (Å²) in [4.78, 5) is 30.9. The van der Waals surface area contributed by atoms with Gasteiger partial charge in [-0.1, -0.05) is 38.1 Å². The van der Waals surface area contributed by atoms with Crippen molar-refractivity contribution < 1.29 is 4.79 Å². The fraction of sp³-hybridized carbons (Fsp3) is 0.385. The van der Waals surface area contributed by atoms with E-state index in [0.29, 0.717) is 24.1 Å². The number of anilines is 2. The Labute approximate surface area is 189 Å². The van der Waals surface area contributed by atoms with Gasteiger partial charge in [-0.15, -0.1) is 0 Å². The van der Waals surface area contributed by atoms with Crippen LogP contribution in [0.25, 0.3) is 11.4 Å². The molecule has 2 aliphatic heterocycles. The first-order chi connectivity index (χ1) is 15.6. The molecule has 0 bridgehead atoms. The van der Waals surface area contributed by atoms with Crippen LogP contribution in [0.4, 0.5) is 11.5 Å². The van der Waals surface area contributed by atoms with Gasteiger partial charge in [-0.25, -0.2) is 9.97 Å². The van der Waals surface area contributed by atoms with Gasteiger partial charge in [0.25, 0.3) is 0 Å². The fourth-order valence-corrected chi connectivity index (χ4v) is 4.83. The lowest BCUT2D eigenvalue weighted by Gasteiger charge is -2.35. The zero-order valence-corrected chi connectivity index (χ0v) is 18.7. The summed E-state index contributed by atoms with van der Waals surface area (Å²) in [6, 6.07) is 12.4. The van der Waals surface area contributed by atoms with Crippen molar-refractivity contribution in [3.63, 3.8) is 0 Å². The highest BCUT2D eigenvalue weighted by Crippen LogP contribution is 2.33. The van der Waals surface area contributed by atoms with E-state index < -0.39 is 0 Å². The van der Waals surface area contributed by atoms with E-state index in [4.69, 9.17) is 4.98 Å². The van der Waals surface area contributed by atoms with Gasteiger partial charge in [-0.2, -0.15) is 0 Å². The molecular formula is C26H29N5O. The van der Waals surface area contributed by atoms with Crippen LogP contribution < -0.4 is 9.80 Å². The summed E-state index contributed by atoms with van der Waals surface area (Å²) >= 11 is 0. The summed E-state index contributed by atoms with van der Waals surface area (Å²) in [5.41, 5.74) is 4.39. The largest absolute Gasteiger partial charge is 0.370 e. The maximum atomic E-state index is 12.9. The third-order valence-electron chi connectivity index (χ3n) is 6.63. The average molecular weight is 428 g/mol. The molecule has 0 radical (unpaired) electrons. The molecule has 0 aliphatic carbocycles. The van der Waals surface area contributed by atoms with E-state index in [1.807, 2.05) is 35.6 Å². The van der Waals surface area contributed by atoms with Crippen molar-refractivity contribution in [2.45, 2.75) is 39.0 Å². The molecule has 2 aliphatic rings. The third kappa shape index (κ3) is 3.97. The normalized spacial score (nSPS) is 16.7. The highest BCUT2D eigenvalue weighted by Gasteiger charge is 2.33. The number of aromatic nitrogens is 3. The van der Waals surface area contributed by atoms with Crippen LogP contribution in [0.3, 0.4) is 0 Å². The minimum absolute atomic E-state index is 0.137. The van der Waals surface area contributed by atoms with Crippen LogP contribution in [0.5, 0.6) is 0 Å². The van der Waals surface area contributed by atoms with E-state index in [1.165, 1.54) is 11.3 Å². The first-order valence-corrected chi connectivity index (χ1v) is 11.5. The topological polar surface area (TPSA) is 62.2 Å². The van der Waals surface area contributed by atoms with Crippen LogP contribution in [0.2, 0.25) is 0 Å². The molecule has 2 aromatic heterocycles. The predicted molar refractivity (Wildman–Crippen MR) is 127 cm³/mol. The van der Waals surface area contributed by atoms with E-state index in [2.05, 4.69) is 53.0 Å². The Hall–Kier alpha value is -3.28. The molecule has 1 amide bonds. The van der Waals surface area contributed by atoms with Gasteiger partial charge in [0.1, 0.15) is 5.82 Å². The summed E-state index contributed by atoms with van der Waals surface area (Å²) in [7, 11) is 0. The fourth-order valence-electron chi connectivity index (χ4n) is 4.83. The lowest BCUT2D eigenvalue weighted by Crippen LogP contribution is -2.40. The second-order valence-corrected chi connectivity index (χ2v) is 9.11. The Morgan fingerprint density at radius 1 is 1.06 bits per heavy atom. The second kappa shape index (κ2) is 8.69. The summed E-state index contributed by atoms with van der Waals surface area (Å²) in [5, 5.41) is 0. The highest BCUT2D eigenvalue weighted by atomic mass is 16.2. The lowest BCUT2D eigenvalue weighted by atomic mass is 9.96. The molecule has 0 unspecified atom stereocenters. The van der Waals surface area contributed by atoms with E-state index >= 15 is 0 Å². The highest BCUT2D eigenvalue weighted by molar-refractivity contribution is 6.00. The van der Waals surface area contributed by atoms with E-state index in [0.717, 1.165) is 49.4 Å². The summed E-state index contributed by atoms with van der Waals surface area (Å²) in [5.74, 6) is 2.50. The van der Waals surface area contributed by atoms with Crippen molar-refractivity contribution >= 4 is 17.4 Å². The Kier molecular flexibility index (Phi) is 5.60. The molecule has 0 spiro atoms. The monoisotopic (exact) mass is 427 g/mol. The number of hydrogen-bond donors (Lipinski definition) is 0. The molecule has 0 atom stereocenters. The molecule has 6 heteroatoms. The van der Waals surface area contributed by atoms with Gasteiger partial charge in [0, 0.05) is 43.2 Å². The van der Waals surface area contributed by atoms with Crippen molar-refractivity contribution in [3.8, 4) is 11.4 Å². The number of benzene rings is 1. The van der Waals surface area contributed by atoms with Crippen LogP contribution in [0.1, 0.15) is 43.7 Å². The van der Waals surface area contributed by atoms with E-state index in [9.17, 15) is 4.79 Å². The number of piperidine rings is 1. The number of carbonyl (C=O) groups excluding carboxylic acids is 1. The Morgan fingerprint density at radius 3 is 2.62 bits per heavy atom. The van der Waals surface area contributed by atoms with E-state index in [1.54, 1.807) is 0 Å². The van der Waals surface area contributed by atoms with E-state index in [-0.39, 0.29) is 5.91 Å². The van der Waals surface area contributed by atoms with Crippen molar-refractivity contribution in [3.05, 3.63) is 66.1 Å². The summed E-state index contributed by atoms with van der Waals surface area (Å²) < 4.78 is 0. The number of nitrogens with zero attached hydrogens (tertiary/aromatic N) is 5. The van der Waals surface area contributed by atoms with Gasteiger partial charge in [0.15, 0.2) is 5.82 Å². The molecule has 1 aromatic carbocycles. The molecule has 1 saturated heterocycles. The second-order valence-electron chi connectivity index (χ2n) is 9.11. The minimum atomic E-state index is 0.137. The molecule has 4 heterocycles. The first kappa shape index (κ1) is 20.6. The number of pyridine rings is 1. The quantitative estimate of drug-likeness (QED) is 0.601. The van der Waals surface area contributed by atoms with Gasteiger partial charge in [0.05, 0.1) is 18.3 Å². The molecule has 5 rings (SSSR count). The average Bonchev–Trinajstić information content (AvgIpc) is 3.14. The molecule has 3 aromatic rings. The zero-order valence-electron chi connectivity index (χ0n) is 18.7. The number of hydrogen-bond acceptors (Lipinski definition) is 5. The summed E-state index contributed by atoms with van der Waals surface area (Å²) in [6.45, 7) is 7.07. The Balaban J connectivity index is 1.33. The molecule has 1 fully saturated rings.